The molecule has 0 unspecified atom stereocenters. The summed E-state index contributed by atoms with van der Waals surface area (Å²) in [4.78, 5) is 0. The van der Waals surface area contributed by atoms with Gasteiger partial charge in [0.25, 0.3) is 0 Å². The Morgan fingerprint density at radius 3 is 1.13 bits per heavy atom. The van der Waals surface area contributed by atoms with E-state index in [4.69, 9.17) is 0 Å². The van der Waals surface area contributed by atoms with Gasteiger partial charge in [-0.25, -0.2) is 0 Å². The lowest BCUT2D eigenvalue weighted by molar-refractivity contribution is 0.875. The fourth-order valence-corrected chi connectivity index (χ4v) is 1.94. The highest BCUT2D eigenvalue weighted by molar-refractivity contribution is 5.08. The fraction of sp³-hybridized carbons (Fsp3) is 0.600. The predicted molar refractivity (Wildman–Crippen MR) is 69.0 cm³/mol. The van der Waals surface area contributed by atoms with Crippen LogP contribution in [0.2, 0.25) is 0 Å². The van der Waals surface area contributed by atoms with E-state index in [-0.39, 0.29) is 0 Å². The van der Waals surface area contributed by atoms with Crippen molar-refractivity contribution in [2.45, 2.75) is 59.3 Å². The van der Waals surface area contributed by atoms with E-state index < -0.39 is 0 Å². The fourth-order valence-electron chi connectivity index (χ4n) is 1.94. The monoisotopic (exact) mass is 204 g/mol. The largest absolute Gasteiger partial charge is 0.0853 e. The van der Waals surface area contributed by atoms with Gasteiger partial charge in [0, 0.05) is 0 Å². The maximum atomic E-state index is 2.40. The van der Waals surface area contributed by atoms with Crippen LogP contribution in [0.25, 0.3) is 0 Å². The number of hydrogen-bond acceptors (Lipinski definition) is 0. The molecule has 0 aromatic carbocycles. The lowest BCUT2D eigenvalue weighted by atomic mass is 10.0. The van der Waals surface area contributed by atoms with E-state index in [0.717, 1.165) is 0 Å². The molecule has 0 atom stereocenters. The quantitative estimate of drug-likeness (QED) is 0.477. The zero-order valence-corrected chi connectivity index (χ0v) is 10.5. The average Bonchev–Trinajstić information content (AvgIpc) is 2.16. The van der Waals surface area contributed by atoms with Gasteiger partial charge >= 0.3 is 0 Å². The van der Waals surface area contributed by atoms with Crippen molar-refractivity contribution in [3.8, 4) is 0 Å². The van der Waals surface area contributed by atoms with Crippen LogP contribution in [0.15, 0.2) is 34.9 Å². The number of hydrogen-bond donors (Lipinski definition) is 0. The van der Waals surface area contributed by atoms with E-state index >= 15 is 0 Å². The number of allylic oxidation sites excluding steroid dienone is 6. The van der Waals surface area contributed by atoms with Crippen LogP contribution in [-0.4, -0.2) is 0 Å². The third-order valence-electron chi connectivity index (χ3n) is 3.09. The zero-order valence-electron chi connectivity index (χ0n) is 10.5. The van der Waals surface area contributed by atoms with Gasteiger partial charge in [-0.3, -0.25) is 0 Å². The normalized spacial score (nSPS) is 24.1. The molecule has 0 bridgehead atoms. The van der Waals surface area contributed by atoms with Gasteiger partial charge in [0.15, 0.2) is 0 Å². The summed E-state index contributed by atoms with van der Waals surface area (Å²) in [6, 6.07) is 0. The third kappa shape index (κ3) is 5.61. The van der Waals surface area contributed by atoms with Gasteiger partial charge in [-0.1, -0.05) is 34.9 Å². The molecule has 0 heteroatoms. The first-order chi connectivity index (χ1) is 7.18. The predicted octanol–water partition coefficient (Wildman–Crippen LogP) is 5.18. The zero-order chi connectivity index (χ0) is 11.1. The van der Waals surface area contributed by atoms with Crippen molar-refractivity contribution in [3.63, 3.8) is 0 Å². The second kappa shape index (κ2) is 6.66. The van der Waals surface area contributed by atoms with E-state index in [1.165, 1.54) is 38.5 Å². The average molecular weight is 204 g/mol. The Morgan fingerprint density at radius 2 is 0.867 bits per heavy atom. The van der Waals surface area contributed by atoms with Crippen LogP contribution in [0.5, 0.6) is 0 Å². The van der Waals surface area contributed by atoms with E-state index in [1.54, 1.807) is 16.7 Å². The second-order valence-corrected chi connectivity index (χ2v) is 4.77. The summed E-state index contributed by atoms with van der Waals surface area (Å²) in [5.41, 5.74) is 4.65. The Hall–Kier alpha value is -0.780. The molecule has 84 valence electrons. The molecule has 0 fully saturated rings. The van der Waals surface area contributed by atoms with Gasteiger partial charge in [0.05, 0.1) is 0 Å². The number of rotatable bonds is 0. The lowest BCUT2D eigenvalue weighted by Crippen LogP contribution is -1.84. The van der Waals surface area contributed by atoms with Crippen molar-refractivity contribution >= 4 is 0 Å². The Labute approximate surface area is 94.8 Å². The molecule has 0 nitrogen and oxygen atoms in total. The molecule has 0 saturated heterocycles. The van der Waals surface area contributed by atoms with Gasteiger partial charge in [0.1, 0.15) is 0 Å². The third-order valence-corrected chi connectivity index (χ3v) is 3.09. The summed E-state index contributed by atoms with van der Waals surface area (Å²) in [7, 11) is 0. The van der Waals surface area contributed by atoms with Crippen LogP contribution in [0.1, 0.15) is 59.3 Å². The molecule has 0 amide bonds. The standard InChI is InChI=1S/C15H24/c1-13-7-4-9-14(2)11-6-12-15(3)10-5-8-13/h7,10-11H,4-6,8-9,12H2,1-3H3/b13-7+,14-11?,15-10?. The van der Waals surface area contributed by atoms with Crippen LogP contribution in [0, 0.1) is 0 Å². The van der Waals surface area contributed by atoms with Crippen molar-refractivity contribution in [1.82, 2.24) is 0 Å². The molecule has 1 aliphatic carbocycles. The molecule has 0 heterocycles. The molecule has 0 radical (unpaired) electrons. The molecule has 0 N–H and O–H groups in total. The van der Waals surface area contributed by atoms with E-state index in [2.05, 4.69) is 39.0 Å². The summed E-state index contributed by atoms with van der Waals surface area (Å²) in [5.74, 6) is 0. The van der Waals surface area contributed by atoms with Crippen molar-refractivity contribution < 1.29 is 0 Å². The lowest BCUT2D eigenvalue weighted by Gasteiger charge is -2.05. The van der Waals surface area contributed by atoms with Crippen molar-refractivity contribution in [2.75, 3.05) is 0 Å². The van der Waals surface area contributed by atoms with Crippen LogP contribution in [-0.2, 0) is 0 Å². The highest BCUT2D eigenvalue weighted by Crippen LogP contribution is 2.15. The molecule has 0 aromatic rings. The molecule has 0 saturated carbocycles. The minimum absolute atomic E-state index is 1.22. The Bertz CT molecular complexity index is 229. The first-order valence-electron chi connectivity index (χ1n) is 6.15. The van der Waals surface area contributed by atoms with Gasteiger partial charge in [-0.15, -0.1) is 0 Å². The molecule has 1 rings (SSSR count). The van der Waals surface area contributed by atoms with E-state index in [9.17, 15) is 0 Å². The van der Waals surface area contributed by atoms with E-state index in [0.29, 0.717) is 0 Å². The minimum Gasteiger partial charge on any atom is -0.0853 e. The first-order valence-corrected chi connectivity index (χ1v) is 6.15. The van der Waals surface area contributed by atoms with Gasteiger partial charge in [0.2, 0.25) is 0 Å². The molecule has 0 spiro atoms. The maximum Gasteiger partial charge on any atom is -0.0288 e. The summed E-state index contributed by atoms with van der Waals surface area (Å²) in [6.45, 7) is 6.77. The van der Waals surface area contributed by atoms with Crippen LogP contribution < -0.4 is 0 Å². The highest BCUT2D eigenvalue weighted by Gasteiger charge is 1.95. The molecule has 0 aliphatic heterocycles. The molecular formula is C15H24. The molecule has 15 heavy (non-hydrogen) atoms. The summed E-state index contributed by atoms with van der Waals surface area (Å²) in [5, 5.41) is 0. The van der Waals surface area contributed by atoms with Gasteiger partial charge in [-0.2, -0.15) is 0 Å². The highest BCUT2D eigenvalue weighted by atomic mass is 14.0. The Balaban J connectivity index is 2.62. The van der Waals surface area contributed by atoms with Gasteiger partial charge in [-0.05, 0) is 59.3 Å². The van der Waals surface area contributed by atoms with Gasteiger partial charge < -0.3 is 0 Å². The SMILES string of the molecule is CC1=CCC/C(C)=C/CCC(C)=CCC1. The summed E-state index contributed by atoms with van der Waals surface area (Å²) in [6.07, 6.45) is 14.6. The molecule has 1 aliphatic rings. The molecular weight excluding hydrogens is 180 g/mol. The van der Waals surface area contributed by atoms with Crippen molar-refractivity contribution in [2.24, 2.45) is 0 Å². The second-order valence-electron chi connectivity index (χ2n) is 4.77. The van der Waals surface area contributed by atoms with Crippen LogP contribution in [0.4, 0.5) is 0 Å². The minimum atomic E-state index is 1.22. The summed E-state index contributed by atoms with van der Waals surface area (Å²) >= 11 is 0. The maximum absolute atomic E-state index is 2.40. The van der Waals surface area contributed by atoms with Crippen LogP contribution >= 0.6 is 0 Å². The van der Waals surface area contributed by atoms with Crippen LogP contribution in [0.3, 0.4) is 0 Å². The Kier molecular flexibility index (Phi) is 5.45. The van der Waals surface area contributed by atoms with Crippen molar-refractivity contribution in [1.29, 1.82) is 0 Å². The summed E-state index contributed by atoms with van der Waals surface area (Å²) < 4.78 is 0. The van der Waals surface area contributed by atoms with Crippen molar-refractivity contribution in [3.05, 3.63) is 34.9 Å². The van der Waals surface area contributed by atoms with E-state index in [1.807, 2.05) is 0 Å². The topological polar surface area (TPSA) is 0 Å². The first kappa shape index (κ1) is 12.3. The molecule has 0 aromatic heterocycles. The Morgan fingerprint density at radius 1 is 0.600 bits per heavy atom. The smallest absolute Gasteiger partial charge is 0.0288 e.